The lowest BCUT2D eigenvalue weighted by Gasteiger charge is -2.08. The maximum absolute atomic E-state index is 9.65. The summed E-state index contributed by atoms with van der Waals surface area (Å²) in [7, 11) is 1.79. The monoisotopic (exact) mass is 196 g/mol. The molecule has 0 aromatic carbocycles. The number of nitrogens with zero attached hydrogens (tertiary/aromatic N) is 1. The van der Waals surface area contributed by atoms with Crippen molar-refractivity contribution in [3.63, 3.8) is 0 Å². The second kappa shape index (κ2) is 4.38. The van der Waals surface area contributed by atoms with Crippen molar-refractivity contribution in [1.82, 2.24) is 5.32 Å². The van der Waals surface area contributed by atoms with E-state index in [9.17, 15) is 5.11 Å². The van der Waals surface area contributed by atoms with Gasteiger partial charge in [-0.3, -0.25) is 0 Å². The van der Waals surface area contributed by atoms with Crippen molar-refractivity contribution in [3.8, 4) is 6.07 Å². The van der Waals surface area contributed by atoms with E-state index in [1.807, 2.05) is 6.92 Å². The van der Waals surface area contributed by atoms with E-state index in [1.54, 1.807) is 12.4 Å². The highest BCUT2D eigenvalue weighted by atomic mass is 32.1. The second-order valence-corrected chi connectivity index (χ2v) is 3.74. The van der Waals surface area contributed by atoms with Crippen molar-refractivity contribution < 1.29 is 5.11 Å². The van der Waals surface area contributed by atoms with Gasteiger partial charge in [0.25, 0.3) is 0 Å². The van der Waals surface area contributed by atoms with Crippen LogP contribution in [0.5, 0.6) is 0 Å². The molecular weight excluding hydrogens is 184 g/mol. The number of nitriles is 1. The van der Waals surface area contributed by atoms with E-state index in [4.69, 9.17) is 5.26 Å². The molecule has 0 fully saturated rings. The number of nitrogens with one attached hydrogen (secondary N) is 1. The minimum absolute atomic E-state index is 0.503. The van der Waals surface area contributed by atoms with Gasteiger partial charge in [0.1, 0.15) is 12.2 Å². The summed E-state index contributed by atoms with van der Waals surface area (Å²) in [5.74, 6) is 0. The Bertz CT molecular complexity index is 327. The number of likely N-dealkylation sites (N-methyl/N-ethyl adjacent to an activating group) is 1. The van der Waals surface area contributed by atoms with Gasteiger partial charge in [0.2, 0.25) is 0 Å². The first-order valence-electron chi connectivity index (χ1n) is 4.01. The minimum Gasteiger partial charge on any atom is -0.386 e. The number of aliphatic hydroxyl groups excluding tert-OH is 1. The third-order valence-corrected chi connectivity index (χ3v) is 3.08. The Morgan fingerprint density at radius 2 is 2.46 bits per heavy atom. The van der Waals surface area contributed by atoms with Crippen LogP contribution in [0.1, 0.15) is 22.1 Å². The van der Waals surface area contributed by atoms with Gasteiger partial charge in [-0.25, -0.2) is 0 Å². The predicted octanol–water partition coefficient (Wildman–Crippen LogP) is 1.18. The fourth-order valence-electron chi connectivity index (χ4n) is 1.16. The Labute approximate surface area is 81.6 Å². The van der Waals surface area contributed by atoms with Crippen LogP contribution in [0.25, 0.3) is 0 Å². The van der Waals surface area contributed by atoms with E-state index in [0.717, 1.165) is 10.4 Å². The largest absolute Gasteiger partial charge is 0.386 e. The Hall–Kier alpha value is -0.890. The zero-order valence-corrected chi connectivity index (χ0v) is 8.48. The molecule has 1 rings (SSSR count). The highest BCUT2D eigenvalue weighted by molar-refractivity contribution is 7.10. The van der Waals surface area contributed by atoms with Crippen LogP contribution in [0.2, 0.25) is 0 Å². The van der Waals surface area contributed by atoms with Crippen LogP contribution in [0.15, 0.2) is 5.38 Å². The molecule has 13 heavy (non-hydrogen) atoms. The molecule has 3 nitrogen and oxygen atoms in total. The Morgan fingerprint density at radius 1 is 1.77 bits per heavy atom. The third-order valence-electron chi connectivity index (χ3n) is 1.90. The predicted molar refractivity (Wildman–Crippen MR) is 52.7 cm³/mol. The normalized spacial score (nSPS) is 12.5. The number of hydrogen-bond acceptors (Lipinski definition) is 4. The topological polar surface area (TPSA) is 56.0 Å². The van der Waals surface area contributed by atoms with Crippen LogP contribution in [-0.4, -0.2) is 18.7 Å². The molecule has 0 aliphatic heterocycles. The molecule has 1 heterocycles. The molecular formula is C9H12N2OS. The van der Waals surface area contributed by atoms with E-state index in [1.165, 1.54) is 11.3 Å². The van der Waals surface area contributed by atoms with E-state index in [2.05, 4.69) is 11.4 Å². The molecule has 0 aliphatic carbocycles. The summed E-state index contributed by atoms with van der Waals surface area (Å²) in [6.07, 6.45) is -0.503. The molecule has 0 spiro atoms. The van der Waals surface area contributed by atoms with E-state index >= 15 is 0 Å². The van der Waals surface area contributed by atoms with Crippen LogP contribution < -0.4 is 5.32 Å². The number of aliphatic hydroxyl groups is 1. The van der Waals surface area contributed by atoms with E-state index in [-0.39, 0.29) is 0 Å². The fraction of sp³-hybridized carbons (Fsp3) is 0.444. The van der Waals surface area contributed by atoms with Gasteiger partial charge in [0.15, 0.2) is 0 Å². The number of rotatable bonds is 3. The first-order chi connectivity index (χ1) is 6.20. The molecule has 70 valence electrons. The Kier molecular flexibility index (Phi) is 3.43. The molecule has 0 aliphatic rings. The fourth-order valence-corrected chi connectivity index (χ4v) is 2.16. The molecule has 0 amide bonds. The average Bonchev–Trinajstić information content (AvgIpc) is 2.47. The van der Waals surface area contributed by atoms with E-state index < -0.39 is 6.10 Å². The van der Waals surface area contributed by atoms with Crippen LogP contribution in [0, 0.1) is 18.3 Å². The van der Waals surface area contributed by atoms with Gasteiger partial charge in [-0.2, -0.15) is 5.26 Å². The maximum Gasteiger partial charge on any atom is 0.101 e. The zero-order chi connectivity index (χ0) is 9.84. The molecule has 2 N–H and O–H groups in total. The molecule has 1 aromatic heterocycles. The second-order valence-electron chi connectivity index (χ2n) is 2.82. The lowest BCUT2D eigenvalue weighted by molar-refractivity contribution is 0.181. The van der Waals surface area contributed by atoms with Gasteiger partial charge in [-0.05, 0) is 19.5 Å². The molecule has 4 heteroatoms. The van der Waals surface area contributed by atoms with Gasteiger partial charge >= 0.3 is 0 Å². The molecule has 1 aromatic rings. The first-order valence-corrected chi connectivity index (χ1v) is 4.89. The smallest absolute Gasteiger partial charge is 0.101 e. The standard InChI is InChI=1S/C9H12N2OS/c1-6-7(3-10)5-13-9(6)8(12)4-11-2/h5,8,11-12H,4H2,1-2H3. The first kappa shape index (κ1) is 10.2. The summed E-state index contributed by atoms with van der Waals surface area (Å²) < 4.78 is 0. The van der Waals surface area contributed by atoms with Gasteiger partial charge in [0.05, 0.1) is 5.56 Å². The van der Waals surface area contributed by atoms with Crippen LogP contribution in [0.4, 0.5) is 0 Å². The zero-order valence-electron chi connectivity index (χ0n) is 7.66. The average molecular weight is 196 g/mol. The Morgan fingerprint density at radius 3 is 2.92 bits per heavy atom. The van der Waals surface area contributed by atoms with Gasteiger partial charge in [0, 0.05) is 16.8 Å². The molecule has 0 saturated heterocycles. The lowest BCUT2D eigenvalue weighted by atomic mass is 10.1. The highest BCUT2D eigenvalue weighted by Gasteiger charge is 2.14. The molecule has 1 atom stereocenters. The summed E-state index contributed by atoms with van der Waals surface area (Å²) in [4.78, 5) is 0.880. The van der Waals surface area contributed by atoms with Crippen molar-refractivity contribution in [3.05, 3.63) is 21.4 Å². The maximum atomic E-state index is 9.65. The van der Waals surface area contributed by atoms with Gasteiger partial charge in [-0.1, -0.05) is 0 Å². The number of hydrogen-bond donors (Lipinski definition) is 2. The Balaban J connectivity index is 2.90. The molecule has 0 bridgehead atoms. The van der Waals surface area contributed by atoms with Crippen molar-refractivity contribution >= 4 is 11.3 Å². The van der Waals surface area contributed by atoms with E-state index in [0.29, 0.717) is 12.1 Å². The summed E-state index contributed by atoms with van der Waals surface area (Å²) in [5.41, 5.74) is 1.56. The summed E-state index contributed by atoms with van der Waals surface area (Å²) in [6.45, 7) is 2.38. The molecule has 0 radical (unpaired) electrons. The molecule has 0 saturated carbocycles. The highest BCUT2D eigenvalue weighted by Crippen LogP contribution is 2.26. The minimum atomic E-state index is -0.503. The van der Waals surface area contributed by atoms with Crippen LogP contribution in [-0.2, 0) is 0 Å². The summed E-state index contributed by atoms with van der Waals surface area (Å²) >= 11 is 1.44. The third kappa shape index (κ3) is 2.07. The van der Waals surface area contributed by atoms with Crippen molar-refractivity contribution in [2.24, 2.45) is 0 Å². The van der Waals surface area contributed by atoms with Gasteiger partial charge < -0.3 is 10.4 Å². The molecule has 1 unspecified atom stereocenters. The van der Waals surface area contributed by atoms with Crippen LogP contribution >= 0.6 is 11.3 Å². The van der Waals surface area contributed by atoms with Gasteiger partial charge in [-0.15, -0.1) is 11.3 Å². The van der Waals surface area contributed by atoms with Crippen molar-refractivity contribution in [2.45, 2.75) is 13.0 Å². The van der Waals surface area contributed by atoms with Crippen LogP contribution in [0.3, 0.4) is 0 Å². The number of thiophene rings is 1. The summed E-state index contributed by atoms with van der Waals surface area (Å²) in [6, 6.07) is 2.09. The van der Waals surface area contributed by atoms with Crippen molar-refractivity contribution in [2.75, 3.05) is 13.6 Å². The summed E-state index contributed by atoms with van der Waals surface area (Å²) in [5, 5.41) is 23.0. The lowest BCUT2D eigenvalue weighted by Crippen LogP contribution is -2.16. The quantitative estimate of drug-likeness (QED) is 0.763. The SMILES string of the molecule is CNCC(O)c1scc(C#N)c1C. The van der Waals surface area contributed by atoms with Crippen molar-refractivity contribution in [1.29, 1.82) is 5.26 Å².